The van der Waals surface area contributed by atoms with Crippen LogP contribution in [0.15, 0.2) is 36.0 Å². The third-order valence-corrected chi connectivity index (χ3v) is 2.87. The number of rotatable bonds is 10. The second kappa shape index (κ2) is 11.1. The van der Waals surface area contributed by atoms with Gasteiger partial charge in [0, 0.05) is 19.3 Å². The lowest BCUT2D eigenvalue weighted by molar-refractivity contribution is -0.117. The van der Waals surface area contributed by atoms with E-state index in [-0.39, 0.29) is 24.5 Å². The molecule has 0 bridgehead atoms. The van der Waals surface area contributed by atoms with Gasteiger partial charge in [0.2, 0.25) is 0 Å². The third kappa shape index (κ3) is 7.85. The van der Waals surface area contributed by atoms with Crippen molar-refractivity contribution in [3.8, 4) is 11.8 Å². The Morgan fingerprint density at radius 1 is 1.26 bits per heavy atom. The largest absolute Gasteiger partial charge is 0.508 e. The highest BCUT2D eigenvalue weighted by atomic mass is 16.5. The number of carbonyl (C=O) groups excluding carboxylic acids is 1. The molecule has 0 fully saturated rings. The van der Waals surface area contributed by atoms with Gasteiger partial charge >= 0.3 is 0 Å². The highest BCUT2D eigenvalue weighted by Gasteiger charge is 2.07. The number of nitriles is 1. The maximum absolute atomic E-state index is 11.8. The molecule has 0 aromatic heterocycles. The molecule has 7 heteroatoms. The van der Waals surface area contributed by atoms with Crippen molar-refractivity contribution in [2.75, 3.05) is 32.9 Å². The number of amides is 1. The third-order valence-electron chi connectivity index (χ3n) is 2.87. The molecule has 0 spiro atoms. The molecule has 0 radical (unpaired) electrons. The van der Waals surface area contributed by atoms with Crippen LogP contribution in [0.4, 0.5) is 0 Å². The molecular formula is C16H21N3O4. The van der Waals surface area contributed by atoms with Crippen LogP contribution in [0.1, 0.15) is 5.56 Å². The zero-order valence-electron chi connectivity index (χ0n) is 12.8. The predicted octanol–water partition coefficient (Wildman–Crippen LogP) is 0.0569. The van der Waals surface area contributed by atoms with Crippen LogP contribution in [0, 0.1) is 11.3 Å². The van der Waals surface area contributed by atoms with Gasteiger partial charge in [0.25, 0.3) is 5.91 Å². The summed E-state index contributed by atoms with van der Waals surface area (Å²) in [4.78, 5) is 11.8. The van der Waals surface area contributed by atoms with Crippen LogP contribution in [-0.2, 0) is 16.0 Å². The average Bonchev–Trinajstić information content (AvgIpc) is 2.56. The number of benzene rings is 1. The number of hydrogen-bond donors (Lipinski definition) is 4. The highest BCUT2D eigenvalue weighted by molar-refractivity contribution is 5.97. The molecule has 0 heterocycles. The summed E-state index contributed by atoms with van der Waals surface area (Å²) in [6, 6.07) is 8.55. The number of nitrogens with one attached hydrogen (secondary N) is 2. The van der Waals surface area contributed by atoms with E-state index in [0.29, 0.717) is 26.1 Å². The number of phenols is 1. The number of aliphatic hydroxyl groups excluding tert-OH is 1. The Hall–Kier alpha value is -2.56. The van der Waals surface area contributed by atoms with Crippen molar-refractivity contribution in [1.29, 1.82) is 5.26 Å². The lowest BCUT2D eigenvalue weighted by atomic mass is 10.1. The van der Waals surface area contributed by atoms with E-state index in [1.54, 1.807) is 24.3 Å². The summed E-state index contributed by atoms with van der Waals surface area (Å²) >= 11 is 0. The maximum atomic E-state index is 11.8. The van der Waals surface area contributed by atoms with Gasteiger partial charge in [-0.2, -0.15) is 5.26 Å². The summed E-state index contributed by atoms with van der Waals surface area (Å²) in [6.45, 7) is 1.42. The van der Waals surface area contributed by atoms with Crippen molar-refractivity contribution < 1.29 is 19.7 Å². The average molecular weight is 319 g/mol. The normalized spacial score (nSPS) is 10.9. The summed E-state index contributed by atoms with van der Waals surface area (Å²) in [5, 5.41) is 32.2. The molecule has 0 atom stereocenters. The van der Waals surface area contributed by atoms with E-state index < -0.39 is 5.91 Å². The molecule has 7 nitrogen and oxygen atoms in total. The first kappa shape index (κ1) is 18.5. The van der Waals surface area contributed by atoms with Gasteiger partial charge in [-0.1, -0.05) is 12.1 Å². The van der Waals surface area contributed by atoms with Gasteiger partial charge in [-0.15, -0.1) is 0 Å². The number of carbonyl (C=O) groups is 1. The Bertz CT molecular complexity index is 549. The van der Waals surface area contributed by atoms with Crippen LogP contribution < -0.4 is 10.6 Å². The van der Waals surface area contributed by atoms with Crippen molar-refractivity contribution >= 4 is 5.91 Å². The lowest BCUT2D eigenvalue weighted by Gasteiger charge is -2.06. The molecule has 1 amide bonds. The van der Waals surface area contributed by atoms with Gasteiger partial charge in [-0.05, 0) is 24.1 Å². The number of aliphatic hydroxyl groups is 1. The highest BCUT2D eigenvalue weighted by Crippen LogP contribution is 2.09. The second-order valence-electron chi connectivity index (χ2n) is 4.63. The molecule has 1 aromatic carbocycles. The fraction of sp³-hybridized carbons (Fsp3) is 0.375. The Balaban J connectivity index is 2.30. The van der Waals surface area contributed by atoms with Gasteiger partial charge in [0.05, 0.1) is 19.8 Å². The van der Waals surface area contributed by atoms with Crippen LogP contribution in [-0.4, -0.2) is 49.0 Å². The maximum Gasteiger partial charge on any atom is 0.263 e. The Morgan fingerprint density at radius 2 is 2.00 bits per heavy atom. The van der Waals surface area contributed by atoms with Crippen molar-refractivity contribution in [2.45, 2.75) is 6.42 Å². The smallest absolute Gasteiger partial charge is 0.263 e. The van der Waals surface area contributed by atoms with E-state index >= 15 is 0 Å². The van der Waals surface area contributed by atoms with E-state index in [1.165, 1.54) is 6.20 Å². The Morgan fingerprint density at radius 3 is 2.65 bits per heavy atom. The van der Waals surface area contributed by atoms with Crippen molar-refractivity contribution in [1.82, 2.24) is 10.6 Å². The van der Waals surface area contributed by atoms with E-state index in [1.807, 2.05) is 6.07 Å². The van der Waals surface area contributed by atoms with Crippen molar-refractivity contribution in [3.05, 3.63) is 41.6 Å². The number of phenolic OH excluding ortho intramolecular Hbond substituents is 1. The van der Waals surface area contributed by atoms with E-state index in [4.69, 9.17) is 15.1 Å². The first-order valence-corrected chi connectivity index (χ1v) is 7.25. The van der Waals surface area contributed by atoms with Crippen LogP contribution in [0.5, 0.6) is 5.75 Å². The monoisotopic (exact) mass is 319 g/mol. The number of nitrogens with zero attached hydrogens (tertiary/aromatic N) is 1. The van der Waals surface area contributed by atoms with Crippen LogP contribution >= 0.6 is 0 Å². The minimum Gasteiger partial charge on any atom is -0.508 e. The molecule has 0 aliphatic carbocycles. The molecule has 0 saturated carbocycles. The quantitative estimate of drug-likeness (QED) is 0.275. The first-order valence-electron chi connectivity index (χ1n) is 7.25. The number of hydrogen-bond acceptors (Lipinski definition) is 6. The molecule has 23 heavy (non-hydrogen) atoms. The van der Waals surface area contributed by atoms with Gasteiger partial charge < -0.3 is 25.6 Å². The first-order chi connectivity index (χ1) is 11.2. The molecule has 1 rings (SSSR count). The van der Waals surface area contributed by atoms with Gasteiger partial charge in [-0.3, -0.25) is 4.79 Å². The predicted molar refractivity (Wildman–Crippen MR) is 84.4 cm³/mol. The fourth-order valence-electron chi connectivity index (χ4n) is 1.70. The summed E-state index contributed by atoms with van der Waals surface area (Å²) in [5.74, 6) is -0.253. The summed E-state index contributed by atoms with van der Waals surface area (Å²) in [5.41, 5.74) is 0.961. The lowest BCUT2D eigenvalue weighted by Crippen LogP contribution is -2.28. The summed E-state index contributed by atoms with van der Waals surface area (Å²) < 4.78 is 5.04. The molecule has 0 aliphatic heterocycles. The fourth-order valence-corrected chi connectivity index (χ4v) is 1.70. The Labute approximate surface area is 135 Å². The van der Waals surface area contributed by atoms with Crippen molar-refractivity contribution in [2.24, 2.45) is 0 Å². The zero-order valence-corrected chi connectivity index (χ0v) is 12.8. The Kier molecular flexibility index (Phi) is 8.90. The molecule has 0 aliphatic rings. The van der Waals surface area contributed by atoms with Crippen LogP contribution in [0.25, 0.3) is 0 Å². The SMILES string of the molecule is N#C/C(=C/NCCOCCO)C(=O)NCCc1ccc(O)cc1. The van der Waals surface area contributed by atoms with Gasteiger partial charge in [0.1, 0.15) is 17.4 Å². The molecule has 124 valence electrons. The summed E-state index contributed by atoms with van der Waals surface area (Å²) in [6.07, 6.45) is 1.95. The van der Waals surface area contributed by atoms with Crippen LogP contribution in [0.2, 0.25) is 0 Å². The molecule has 0 unspecified atom stereocenters. The zero-order chi connectivity index (χ0) is 16.9. The number of ether oxygens (including phenoxy) is 1. The van der Waals surface area contributed by atoms with Crippen LogP contribution in [0.3, 0.4) is 0 Å². The van der Waals surface area contributed by atoms with Gasteiger partial charge in [-0.25, -0.2) is 0 Å². The summed E-state index contributed by atoms with van der Waals surface area (Å²) in [7, 11) is 0. The van der Waals surface area contributed by atoms with Gasteiger partial charge in [0.15, 0.2) is 0 Å². The molecule has 1 aromatic rings. The molecular weight excluding hydrogens is 298 g/mol. The molecule has 4 N–H and O–H groups in total. The van der Waals surface area contributed by atoms with E-state index in [2.05, 4.69) is 10.6 Å². The minimum absolute atomic E-state index is 0.0159. The minimum atomic E-state index is -0.449. The van der Waals surface area contributed by atoms with Crippen molar-refractivity contribution in [3.63, 3.8) is 0 Å². The second-order valence-corrected chi connectivity index (χ2v) is 4.63. The number of aromatic hydroxyl groups is 1. The topological polar surface area (TPSA) is 115 Å². The standard InChI is InChI=1S/C16H21N3O4/c17-11-14(12-18-7-9-23-10-8-20)16(22)19-6-5-13-1-3-15(21)4-2-13/h1-4,12,18,20-21H,5-10H2,(H,19,22)/b14-12-. The van der Waals surface area contributed by atoms with E-state index in [0.717, 1.165) is 5.56 Å². The molecule has 0 saturated heterocycles. The van der Waals surface area contributed by atoms with E-state index in [9.17, 15) is 9.90 Å².